The predicted octanol–water partition coefficient (Wildman–Crippen LogP) is 20.8. The minimum Gasteiger partial charge on any atom is -0.457 e. The summed E-state index contributed by atoms with van der Waals surface area (Å²) in [6.45, 7) is 0. The molecule has 0 aliphatic rings. The summed E-state index contributed by atoms with van der Waals surface area (Å²) in [5.41, 5.74) is 15.1. The average Bonchev–Trinajstić information content (AvgIpc) is 3.51. The topological polar surface area (TPSA) is 25.4 Å². The lowest BCUT2D eigenvalue weighted by molar-refractivity contribution is 0.483. The van der Waals surface area contributed by atoms with Gasteiger partial charge >= 0.3 is 0 Å². The fourth-order valence-corrected chi connectivity index (χ4v) is 10.1. The van der Waals surface area contributed by atoms with Gasteiger partial charge in [-0.25, -0.2) is 0 Å². The second-order valence-electron chi connectivity index (χ2n) is 18.7. The molecule has 0 aliphatic heterocycles. The van der Waals surface area contributed by atoms with Crippen LogP contribution in [-0.4, -0.2) is 0 Å². The zero-order valence-electron chi connectivity index (χ0n) is 42.9. The van der Waals surface area contributed by atoms with E-state index < -0.39 is 0 Å². The normalized spacial score (nSPS) is 10.8. The molecule has 12 aromatic rings. The summed E-state index contributed by atoms with van der Waals surface area (Å²) in [5.74, 6) is 1.45. The molecule has 0 spiro atoms. The summed E-state index contributed by atoms with van der Waals surface area (Å²) >= 11 is 0. The molecule has 374 valence electrons. The highest BCUT2D eigenvalue weighted by Gasteiger charge is 2.24. The molecule has 0 saturated carbocycles. The van der Waals surface area contributed by atoms with Crippen molar-refractivity contribution in [3.8, 4) is 11.5 Å². The van der Waals surface area contributed by atoms with Crippen LogP contribution in [0.5, 0.6) is 11.5 Å². The fourth-order valence-electron chi connectivity index (χ4n) is 10.1. The van der Waals surface area contributed by atoms with Gasteiger partial charge < -0.3 is 29.2 Å². The van der Waals surface area contributed by atoms with Crippen LogP contribution in [0.15, 0.2) is 334 Å². The first kappa shape index (κ1) is 48.4. The largest absolute Gasteiger partial charge is 0.457 e. The monoisotopic (exact) mass is 1010 g/mol. The van der Waals surface area contributed by atoms with Crippen LogP contribution in [0.25, 0.3) is 0 Å². The summed E-state index contributed by atoms with van der Waals surface area (Å²) in [4.78, 5) is 11.6. The maximum atomic E-state index is 6.75. The van der Waals surface area contributed by atoms with E-state index in [1.54, 1.807) is 0 Å². The van der Waals surface area contributed by atoms with Gasteiger partial charge in [0.1, 0.15) is 11.5 Å². The molecule has 0 radical (unpaired) electrons. The van der Waals surface area contributed by atoms with Crippen LogP contribution < -0.4 is 29.2 Å². The van der Waals surface area contributed by atoms with E-state index in [4.69, 9.17) is 4.74 Å². The Labute approximate surface area is 457 Å². The Bertz CT molecular complexity index is 3580. The summed E-state index contributed by atoms with van der Waals surface area (Å²) < 4.78 is 6.75. The van der Waals surface area contributed by atoms with Crippen LogP contribution >= 0.6 is 0 Å². The molecule has 0 aliphatic carbocycles. The number of nitrogens with zero attached hydrogens (tertiary/aromatic N) is 5. The molecule has 6 nitrogen and oxygen atoms in total. The van der Waals surface area contributed by atoms with Crippen molar-refractivity contribution in [2.24, 2.45) is 0 Å². The number of para-hydroxylation sites is 9. The molecule has 78 heavy (non-hydrogen) atoms. The second-order valence-corrected chi connectivity index (χ2v) is 18.7. The van der Waals surface area contributed by atoms with E-state index in [2.05, 4.69) is 328 Å². The van der Waals surface area contributed by atoms with E-state index in [9.17, 15) is 0 Å². The molecule has 0 saturated heterocycles. The number of hydrogen-bond acceptors (Lipinski definition) is 6. The maximum Gasteiger partial charge on any atom is 0.131 e. The summed E-state index contributed by atoms with van der Waals surface area (Å²) in [6, 6.07) is 117. The number of ether oxygens (including phenoxy) is 1. The number of rotatable bonds is 17. The molecule has 0 heterocycles. The van der Waals surface area contributed by atoms with Crippen molar-refractivity contribution in [3.05, 3.63) is 334 Å². The molecule has 0 amide bonds. The first-order valence-corrected chi connectivity index (χ1v) is 26.2. The zero-order valence-corrected chi connectivity index (χ0v) is 42.9. The standard InChI is InChI=1S/C72H55N5O/c1-10-28-56(29-11-1)73(57-30-12-2-13-31-57)66-50-67(74(58-32-14-3-15-33-58)59-34-16-4-17-35-59)52-68(51-66)76(62-40-22-7-23-41-62)64-46-48-65(49-47-64)77(63-42-24-8-25-43-63)70-53-69(54-72(55-70)78-71-44-26-9-27-45-71)75(60-36-18-5-19-37-60)61-38-20-6-21-39-61/h1-55H. The predicted molar refractivity (Wildman–Crippen MR) is 326 cm³/mol. The lowest BCUT2D eigenvalue weighted by atomic mass is 10.1. The fraction of sp³-hybridized carbons (Fsp3) is 0. The van der Waals surface area contributed by atoms with E-state index in [-0.39, 0.29) is 0 Å². The van der Waals surface area contributed by atoms with Crippen LogP contribution in [0.2, 0.25) is 0 Å². The SMILES string of the molecule is c1ccc(Oc2cc(N(c3ccccc3)c3ccccc3)cc(N(c3ccccc3)c3ccc(N(c4ccccc4)c4cc(N(c5ccccc5)c5ccccc5)cc(N(c5ccccc5)c5ccccc5)c4)cc3)c2)cc1. The first-order valence-electron chi connectivity index (χ1n) is 26.2. The van der Waals surface area contributed by atoms with E-state index in [1.807, 2.05) is 30.3 Å². The smallest absolute Gasteiger partial charge is 0.131 e. The minimum atomic E-state index is 0.703. The average molecular weight is 1010 g/mol. The van der Waals surface area contributed by atoms with Gasteiger partial charge in [0.2, 0.25) is 0 Å². The van der Waals surface area contributed by atoms with Crippen molar-refractivity contribution in [1.82, 2.24) is 0 Å². The number of hydrogen-bond donors (Lipinski definition) is 0. The summed E-state index contributed by atoms with van der Waals surface area (Å²) in [5, 5.41) is 0. The molecule has 0 N–H and O–H groups in total. The van der Waals surface area contributed by atoms with E-state index in [0.717, 1.165) is 91.1 Å². The third kappa shape index (κ3) is 10.7. The molecule has 6 heteroatoms. The lowest BCUT2D eigenvalue weighted by Crippen LogP contribution is -2.16. The van der Waals surface area contributed by atoms with Crippen molar-refractivity contribution >= 4 is 85.3 Å². The van der Waals surface area contributed by atoms with Crippen LogP contribution in [0.3, 0.4) is 0 Å². The van der Waals surface area contributed by atoms with Crippen LogP contribution in [0, 0.1) is 0 Å². The number of benzene rings is 12. The Morgan fingerprint density at radius 3 is 0.513 bits per heavy atom. The van der Waals surface area contributed by atoms with Crippen LogP contribution in [0.4, 0.5) is 85.3 Å². The third-order valence-corrected chi connectivity index (χ3v) is 13.5. The highest BCUT2D eigenvalue weighted by atomic mass is 16.5. The molecule has 12 rings (SSSR count). The molecule has 0 atom stereocenters. The number of anilines is 15. The molecular weight excluding hydrogens is 951 g/mol. The van der Waals surface area contributed by atoms with Crippen molar-refractivity contribution in [3.63, 3.8) is 0 Å². The molecule has 0 fully saturated rings. The quantitative estimate of drug-likeness (QED) is 0.0902. The van der Waals surface area contributed by atoms with E-state index >= 15 is 0 Å². The summed E-state index contributed by atoms with van der Waals surface area (Å²) in [7, 11) is 0. The lowest BCUT2D eigenvalue weighted by Gasteiger charge is -2.33. The van der Waals surface area contributed by atoms with Gasteiger partial charge in [0, 0.05) is 69.0 Å². The van der Waals surface area contributed by atoms with Crippen molar-refractivity contribution in [1.29, 1.82) is 0 Å². The molecular formula is C72H55N5O. The van der Waals surface area contributed by atoms with Crippen molar-refractivity contribution < 1.29 is 4.74 Å². The van der Waals surface area contributed by atoms with Gasteiger partial charge in [-0.15, -0.1) is 0 Å². The van der Waals surface area contributed by atoms with Gasteiger partial charge in [0.15, 0.2) is 0 Å². The molecule has 0 unspecified atom stereocenters. The Kier molecular flexibility index (Phi) is 14.2. The van der Waals surface area contributed by atoms with E-state index in [1.165, 1.54) is 0 Å². The van der Waals surface area contributed by atoms with Gasteiger partial charge in [-0.3, -0.25) is 0 Å². The first-order chi connectivity index (χ1) is 38.7. The van der Waals surface area contributed by atoms with Gasteiger partial charge in [-0.2, -0.15) is 0 Å². The van der Waals surface area contributed by atoms with Crippen molar-refractivity contribution in [2.75, 3.05) is 24.5 Å². The third-order valence-electron chi connectivity index (χ3n) is 13.5. The maximum absolute atomic E-state index is 6.75. The molecule has 0 aromatic heterocycles. The minimum absolute atomic E-state index is 0.703. The second kappa shape index (κ2) is 22.9. The molecule has 12 aromatic carbocycles. The highest BCUT2D eigenvalue weighted by Crippen LogP contribution is 2.48. The Morgan fingerprint density at radius 1 is 0.141 bits per heavy atom. The zero-order chi connectivity index (χ0) is 52.3. The van der Waals surface area contributed by atoms with Crippen LogP contribution in [-0.2, 0) is 0 Å². The van der Waals surface area contributed by atoms with Gasteiger partial charge in [0.05, 0.1) is 28.4 Å². The Hall–Kier alpha value is -10.6. The van der Waals surface area contributed by atoms with Crippen LogP contribution in [0.1, 0.15) is 0 Å². The summed E-state index contributed by atoms with van der Waals surface area (Å²) in [6.07, 6.45) is 0. The van der Waals surface area contributed by atoms with Gasteiger partial charge in [-0.1, -0.05) is 164 Å². The Balaban J connectivity index is 1.04. The Morgan fingerprint density at radius 2 is 0.308 bits per heavy atom. The van der Waals surface area contributed by atoms with E-state index in [0.29, 0.717) is 5.75 Å². The van der Waals surface area contributed by atoms with Gasteiger partial charge in [0.25, 0.3) is 0 Å². The molecule has 0 bridgehead atoms. The van der Waals surface area contributed by atoms with Crippen molar-refractivity contribution in [2.45, 2.75) is 0 Å². The highest BCUT2D eigenvalue weighted by molar-refractivity contribution is 5.91. The van der Waals surface area contributed by atoms with Gasteiger partial charge in [-0.05, 0) is 158 Å².